The molecular formula is C26H20Cl2N4O2. The Bertz CT molecular complexity index is 1400. The molecule has 2 amide bonds. The van der Waals surface area contributed by atoms with E-state index < -0.39 is 6.04 Å². The second kappa shape index (κ2) is 8.97. The third-order valence-electron chi connectivity index (χ3n) is 5.71. The normalized spacial score (nSPS) is 16.1. The Morgan fingerprint density at radius 3 is 2.29 bits per heavy atom. The minimum absolute atomic E-state index is 0.276. The number of aryl methyl sites for hydroxylation is 1. The van der Waals surface area contributed by atoms with Crippen molar-refractivity contribution >= 4 is 40.5 Å². The van der Waals surface area contributed by atoms with Gasteiger partial charge in [-0.3, -0.25) is 4.90 Å². The van der Waals surface area contributed by atoms with E-state index in [2.05, 4.69) is 10.5 Å². The number of amides is 2. The van der Waals surface area contributed by atoms with Gasteiger partial charge >= 0.3 is 6.03 Å². The molecule has 1 N–H and O–H groups in total. The van der Waals surface area contributed by atoms with Crippen molar-refractivity contribution in [2.75, 3.05) is 4.90 Å². The Hall–Kier alpha value is -3.61. The molecule has 6 nitrogen and oxygen atoms in total. The van der Waals surface area contributed by atoms with Crippen LogP contribution in [0.4, 0.5) is 10.5 Å². The quantitative estimate of drug-likeness (QED) is 0.332. The molecule has 1 aromatic heterocycles. The van der Waals surface area contributed by atoms with Gasteiger partial charge in [-0.25, -0.2) is 4.79 Å². The van der Waals surface area contributed by atoms with Gasteiger partial charge in [0.25, 0.3) is 5.89 Å². The molecule has 0 fully saturated rings. The number of hydrogen-bond acceptors (Lipinski definition) is 4. The van der Waals surface area contributed by atoms with Crippen LogP contribution in [-0.4, -0.2) is 16.2 Å². The molecule has 1 unspecified atom stereocenters. The molecule has 8 heteroatoms. The molecule has 4 aromatic rings. The fourth-order valence-electron chi connectivity index (χ4n) is 4.06. The molecule has 1 atom stereocenters. The van der Waals surface area contributed by atoms with Gasteiger partial charge in [-0.05, 0) is 61.9 Å². The molecule has 3 aromatic carbocycles. The van der Waals surface area contributed by atoms with Crippen LogP contribution in [0.1, 0.15) is 30.0 Å². The summed E-state index contributed by atoms with van der Waals surface area (Å²) in [6.45, 7) is 3.87. The maximum absolute atomic E-state index is 13.2. The Labute approximate surface area is 206 Å². The average molecular weight is 491 g/mol. The number of rotatable bonds is 4. The number of aromatic nitrogens is 2. The third kappa shape index (κ3) is 4.18. The van der Waals surface area contributed by atoms with E-state index in [9.17, 15) is 4.79 Å². The second-order valence-corrected chi connectivity index (χ2v) is 8.91. The zero-order valence-corrected chi connectivity index (χ0v) is 19.9. The Balaban J connectivity index is 1.65. The number of nitrogens with one attached hydrogen (secondary N) is 1. The standard InChI is InChI=1S/C26H20Cl2N4O2/c1-15-4-3-5-18(14-15)24-30-25(34-31-24)22-16(2)32(21-12-10-20(28)11-13-21)26(33)29-23(22)17-6-8-19(27)9-7-17/h3-14,23H,1-2H3,(H,29,33). The fourth-order valence-corrected chi connectivity index (χ4v) is 4.31. The van der Waals surface area contributed by atoms with Gasteiger partial charge in [-0.2, -0.15) is 4.98 Å². The van der Waals surface area contributed by atoms with Crippen LogP contribution < -0.4 is 10.2 Å². The van der Waals surface area contributed by atoms with Crippen molar-refractivity contribution in [2.45, 2.75) is 19.9 Å². The SMILES string of the molecule is CC1=C(c2nc(-c3cccc(C)c3)no2)C(c2ccc(Cl)cc2)NC(=O)N1c1ccc(Cl)cc1. The van der Waals surface area contributed by atoms with E-state index in [1.165, 1.54) is 0 Å². The van der Waals surface area contributed by atoms with Crippen molar-refractivity contribution < 1.29 is 9.32 Å². The molecule has 0 bridgehead atoms. The van der Waals surface area contributed by atoms with Crippen LogP contribution in [0.25, 0.3) is 17.0 Å². The first-order valence-corrected chi connectivity index (χ1v) is 11.4. The minimum Gasteiger partial charge on any atom is -0.334 e. The van der Waals surface area contributed by atoms with E-state index in [4.69, 9.17) is 32.7 Å². The summed E-state index contributed by atoms with van der Waals surface area (Å²) in [7, 11) is 0. The predicted molar refractivity (Wildman–Crippen MR) is 134 cm³/mol. The molecule has 0 spiro atoms. The number of urea groups is 1. The highest BCUT2D eigenvalue weighted by atomic mass is 35.5. The maximum atomic E-state index is 13.2. The summed E-state index contributed by atoms with van der Waals surface area (Å²) in [5.74, 6) is 0.803. The van der Waals surface area contributed by atoms with Crippen molar-refractivity contribution in [2.24, 2.45) is 0 Å². The van der Waals surface area contributed by atoms with E-state index in [1.807, 2.05) is 50.2 Å². The zero-order chi connectivity index (χ0) is 23.8. The first-order chi connectivity index (χ1) is 16.4. The summed E-state index contributed by atoms with van der Waals surface area (Å²) >= 11 is 12.2. The van der Waals surface area contributed by atoms with Crippen LogP contribution in [0.2, 0.25) is 10.0 Å². The van der Waals surface area contributed by atoms with Crippen LogP contribution in [-0.2, 0) is 0 Å². The zero-order valence-electron chi connectivity index (χ0n) is 18.4. The van der Waals surface area contributed by atoms with Crippen LogP contribution in [0, 0.1) is 6.92 Å². The molecule has 0 aliphatic carbocycles. The van der Waals surface area contributed by atoms with E-state index >= 15 is 0 Å². The number of hydrogen-bond donors (Lipinski definition) is 1. The van der Waals surface area contributed by atoms with Crippen molar-refractivity contribution in [3.05, 3.63) is 106 Å². The topological polar surface area (TPSA) is 71.3 Å². The highest BCUT2D eigenvalue weighted by molar-refractivity contribution is 6.31. The second-order valence-electron chi connectivity index (χ2n) is 8.04. The third-order valence-corrected chi connectivity index (χ3v) is 6.21. The molecular weight excluding hydrogens is 471 g/mol. The van der Waals surface area contributed by atoms with Gasteiger partial charge in [-0.1, -0.05) is 64.3 Å². The van der Waals surface area contributed by atoms with Gasteiger partial charge in [-0.15, -0.1) is 0 Å². The number of anilines is 1. The minimum atomic E-state index is -0.501. The van der Waals surface area contributed by atoms with Gasteiger partial charge in [0.2, 0.25) is 5.82 Å². The molecule has 1 aliphatic heterocycles. The average Bonchev–Trinajstić information content (AvgIpc) is 3.30. The molecule has 0 saturated heterocycles. The summed E-state index contributed by atoms with van der Waals surface area (Å²) in [4.78, 5) is 19.5. The Morgan fingerprint density at radius 1 is 0.941 bits per heavy atom. The molecule has 170 valence electrons. The van der Waals surface area contributed by atoms with E-state index in [0.717, 1.165) is 16.7 Å². The summed E-state index contributed by atoms with van der Waals surface area (Å²) < 4.78 is 5.74. The lowest BCUT2D eigenvalue weighted by atomic mass is 9.94. The number of benzene rings is 3. The monoisotopic (exact) mass is 490 g/mol. The first kappa shape index (κ1) is 22.2. The molecule has 2 heterocycles. The number of allylic oxidation sites excluding steroid dienone is 1. The Kier molecular flexibility index (Phi) is 5.86. The van der Waals surface area contributed by atoms with Gasteiger partial charge in [0.15, 0.2) is 0 Å². The number of carbonyl (C=O) groups excluding carboxylic acids is 1. The van der Waals surface area contributed by atoms with Crippen LogP contribution >= 0.6 is 23.2 Å². The van der Waals surface area contributed by atoms with E-state index in [-0.39, 0.29) is 6.03 Å². The van der Waals surface area contributed by atoms with E-state index in [0.29, 0.717) is 38.7 Å². The lowest BCUT2D eigenvalue weighted by Gasteiger charge is -2.35. The van der Waals surface area contributed by atoms with Crippen molar-refractivity contribution in [1.82, 2.24) is 15.5 Å². The fraction of sp³-hybridized carbons (Fsp3) is 0.115. The van der Waals surface area contributed by atoms with Crippen LogP contribution in [0.3, 0.4) is 0 Å². The predicted octanol–water partition coefficient (Wildman–Crippen LogP) is 7.05. The smallest absolute Gasteiger partial charge is 0.326 e. The summed E-state index contributed by atoms with van der Waals surface area (Å²) in [5, 5.41) is 8.49. The maximum Gasteiger partial charge on any atom is 0.326 e. The lowest BCUT2D eigenvalue weighted by Crippen LogP contribution is -2.46. The Morgan fingerprint density at radius 2 is 1.62 bits per heavy atom. The summed E-state index contributed by atoms with van der Waals surface area (Å²) in [5.41, 5.74) is 4.83. The molecule has 0 radical (unpaired) electrons. The summed E-state index contributed by atoms with van der Waals surface area (Å²) in [6, 6.07) is 21.5. The summed E-state index contributed by atoms with van der Waals surface area (Å²) in [6.07, 6.45) is 0. The largest absolute Gasteiger partial charge is 0.334 e. The van der Waals surface area contributed by atoms with Crippen molar-refractivity contribution in [3.8, 4) is 11.4 Å². The molecule has 0 saturated carbocycles. The van der Waals surface area contributed by atoms with Gasteiger partial charge in [0.1, 0.15) is 0 Å². The number of halogens is 2. The van der Waals surface area contributed by atoms with Crippen LogP contribution in [0.15, 0.2) is 83.0 Å². The lowest BCUT2D eigenvalue weighted by molar-refractivity contribution is 0.244. The van der Waals surface area contributed by atoms with Crippen LogP contribution in [0.5, 0.6) is 0 Å². The van der Waals surface area contributed by atoms with Gasteiger partial charge in [0.05, 0.1) is 17.3 Å². The highest BCUT2D eigenvalue weighted by Crippen LogP contribution is 2.39. The number of carbonyl (C=O) groups is 1. The molecule has 1 aliphatic rings. The molecule has 5 rings (SSSR count). The first-order valence-electron chi connectivity index (χ1n) is 10.6. The number of nitrogens with zero attached hydrogens (tertiary/aromatic N) is 3. The molecule has 34 heavy (non-hydrogen) atoms. The van der Waals surface area contributed by atoms with E-state index in [1.54, 1.807) is 41.3 Å². The van der Waals surface area contributed by atoms with Gasteiger partial charge < -0.3 is 9.84 Å². The highest BCUT2D eigenvalue weighted by Gasteiger charge is 2.36. The van der Waals surface area contributed by atoms with Gasteiger partial charge in [0, 0.05) is 21.3 Å². The van der Waals surface area contributed by atoms with Crippen molar-refractivity contribution in [3.63, 3.8) is 0 Å². The van der Waals surface area contributed by atoms with Crippen molar-refractivity contribution in [1.29, 1.82) is 0 Å².